The van der Waals surface area contributed by atoms with Crippen LogP contribution in [0.25, 0.3) is 0 Å². The third-order valence-electron chi connectivity index (χ3n) is 4.17. The van der Waals surface area contributed by atoms with Crippen LogP contribution in [0.2, 0.25) is 0 Å². The number of hydrogen-bond donors (Lipinski definition) is 0. The average Bonchev–Trinajstić information content (AvgIpc) is 2.65. The van der Waals surface area contributed by atoms with Gasteiger partial charge in [0, 0.05) is 12.1 Å². The highest BCUT2D eigenvalue weighted by molar-refractivity contribution is 5.19. The number of aromatic nitrogens is 4. The van der Waals surface area contributed by atoms with E-state index in [1.165, 1.54) is 38.5 Å². The predicted molar refractivity (Wildman–Crippen MR) is 99.8 cm³/mol. The molecule has 0 bridgehead atoms. The Hall–Kier alpha value is -2.04. The van der Waals surface area contributed by atoms with Crippen LogP contribution in [0.1, 0.15) is 76.6 Å². The van der Waals surface area contributed by atoms with Crippen molar-refractivity contribution in [2.24, 2.45) is 0 Å². The summed E-state index contributed by atoms with van der Waals surface area (Å²) in [5.41, 5.74) is 2.02. The van der Waals surface area contributed by atoms with Gasteiger partial charge in [-0.25, -0.2) is 0 Å². The molecule has 0 fully saturated rings. The van der Waals surface area contributed by atoms with Gasteiger partial charge in [0.15, 0.2) is 0 Å². The Kier molecular flexibility index (Phi) is 8.87. The van der Waals surface area contributed by atoms with Crippen molar-refractivity contribution in [2.45, 2.75) is 78.1 Å². The Balaban J connectivity index is 1.77. The minimum atomic E-state index is 0.460. The van der Waals surface area contributed by atoms with E-state index in [9.17, 15) is 0 Å². The van der Waals surface area contributed by atoms with E-state index in [1.54, 1.807) is 0 Å². The summed E-state index contributed by atoms with van der Waals surface area (Å²) >= 11 is 0. The van der Waals surface area contributed by atoms with Crippen LogP contribution in [0.3, 0.4) is 0 Å². The first-order valence-electron chi connectivity index (χ1n) is 9.65. The third-order valence-corrected chi connectivity index (χ3v) is 4.17. The summed E-state index contributed by atoms with van der Waals surface area (Å²) in [5.74, 6) is 0.921. The van der Waals surface area contributed by atoms with E-state index in [1.807, 2.05) is 24.3 Å². The van der Waals surface area contributed by atoms with E-state index in [0.717, 1.165) is 37.1 Å². The second-order valence-electron chi connectivity index (χ2n) is 6.45. The molecule has 0 spiro atoms. The van der Waals surface area contributed by atoms with Crippen molar-refractivity contribution >= 4 is 0 Å². The molecule has 2 aromatic heterocycles. The first-order valence-corrected chi connectivity index (χ1v) is 9.65. The minimum Gasteiger partial charge on any atom is -0.417 e. The van der Waals surface area contributed by atoms with Gasteiger partial charge in [-0.3, -0.25) is 0 Å². The lowest BCUT2D eigenvalue weighted by molar-refractivity contribution is 0.428. The molecule has 0 N–H and O–H groups in total. The van der Waals surface area contributed by atoms with Gasteiger partial charge in [0.1, 0.15) is 0 Å². The summed E-state index contributed by atoms with van der Waals surface area (Å²) in [6, 6.07) is 7.65. The lowest BCUT2D eigenvalue weighted by Gasteiger charge is -2.05. The SMILES string of the molecule is CCCCCCc1ccc(Oc2ccc(CCCCCC)nn2)nn1. The molecule has 5 heteroatoms. The maximum absolute atomic E-state index is 5.63. The summed E-state index contributed by atoms with van der Waals surface area (Å²) in [6.45, 7) is 4.43. The maximum Gasteiger partial charge on any atom is 0.240 e. The number of aryl methyl sites for hydroxylation is 2. The van der Waals surface area contributed by atoms with Gasteiger partial charge in [0.05, 0.1) is 11.4 Å². The van der Waals surface area contributed by atoms with Crippen LogP contribution < -0.4 is 4.74 Å². The number of rotatable bonds is 12. The Morgan fingerprint density at radius 2 is 1.08 bits per heavy atom. The quantitative estimate of drug-likeness (QED) is 0.489. The Morgan fingerprint density at radius 3 is 1.44 bits per heavy atom. The smallest absolute Gasteiger partial charge is 0.240 e. The van der Waals surface area contributed by atoms with E-state index in [4.69, 9.17) is 4.74 Å². The van der Waals surface area contributed by atoms with E-state index >= 15 is 0 Å². The highest BCUT2D eigenvalue weighted by Crippen LogP contribution is 2.16. The lowest BCUT2D eigenvalue weighted by Crippen LogP contribution is -1.99. The molecule has 0 unspecified atom stereocenters. The van der Waals surface area contributed by atoms with Gasteiger partial charge in [0.2, 0.25) is 11.8 Å². The Morgan fingerprint density at radius 1 is 0.600 bits per heavy atom. The third kappa shape index (κ3) is 7.59. The molecule has 0 atom stereocenters. The van der Waals surface area contributed by atoms with Crippen LogP contribution in [-0.2, 0) is 12.8 Å². The van der Waals surface area contributed by atoms with Crippen molar-refractivity contribution in [1.29, 1.82) is 0 Å². The zero-order chi connectivity index (χ0) is 17.7. The van der Waals surface area contributed by atoms with E-state index in [-0.39, 0.29) is 0 Å². The number of ether oxygens (including phenoxy) is 1. The first kappa shape index (κ1) is 19.3. The largest absolute Gasteiger partial charge is 0.417 e. The molecular formula is C20H30N4O. The Bertz CT molecular complexity index is 530. The van der Waals surface area contributed by atoms with Crippen LogP contribution >= 0.6 is 0 Å². The summed E-state index contributed by atoms with van der Waals surface area (Å²) in [4.78, 5) is 0. The van der Waals surface area contributed by atoms with Crippen molar-refractivity contribution in [3.05, 3.63) is 35.7 Å². The number of nitrogens with zero attached hydrogens (tertiary/aromatic N) is 4. The number of unbranched alkanes of at least 4 members (excludes halogenated alkanes) is 6. The molecule has 0 radical (unpaired) electrons. The van der Waals surface area contributed by atoms with Gasteiger partial charge in [0.25, 0.3) is 0 Å². The summed E-state index contributed by atoms with van der Waals surface area (Å²) < 4.78 is 5.63. The molecule has 136 valence electrons. The summed E-state index contributed by atoms with van der Waals surface area (Å²) in [6.07, 6.45) is 11.8. The van der Waals surface area contributed by atoms with Gasteiger partial charge in [-0.15, -0.1) is 10.2 Å². The first-order chi connectivity index (χ1) is 12.3. The molecule has 2 aromatic rings. The van der Waals surface area contributed by atoms with Gasteiger partial charge in [-0.1, -0.05) is 52.4 Å². The van der Waals surface area contributed by atoms with E-state index in [2.05, 4.69) is 34.2 Å². The van der Waals surface area contributed by atoms with E-state index < -0.39 is 0 Å². The molecule has 0 aliphatic rings. The van der Waals surface area contributed by atoms with Crippen molar-refractivity contribution in [3.8, 4) is 11.8 Å². The van der Waals surface area contributed by atoms with Gasteiger partial charge < -0.3 is 4.74 Å². The lowest BCUT2D eigenvalue weighted by atomic mass is 10.1. The van der Waals surface area contributed by atoms with Crippen molar-refractivity contribution in [3.63, 3.8) is 0 Å². The Labute approximate surface area is 151 Å². The zero-order valence-corrected chi connectivity index (χ0v) is 15.6. The second kappa shape index (κ2) is 11.5. The molecule has 2 heterocycles. The predicted octanol–water partition coefficient (Wildman–Crippen LogP) is 5.30. The molecule has 0 aliphatic carbocycles. The molecule has 5 nitrogen and oxygen atoms in total. The molecule has 0 saturated heterocycles. The van der Waals surface area contributed by atoms with Gasteiger partial charge in [-0.2, -0.15) is 10.2 Å². The molecule has 0 aliphatic heterocycles. The fourth-order valence-electron chi connectivity index (χ4n) is 2.64. The van der Waals surface area contributed by atoms with Crippen LogP contribution in [-0.4, -0.2) is 20.4 Å². The monoisotopic (exact) mass is 342 g/mol. The van der Waals surface area contributed by atoms with E-state index in [0.29, 0.717) is 11.8 Å². The zero-order valence-electron chi connectivity index (χ0n) is 15.6. The van der Waals surface area contributed by atoms with Crippen LogP contribution in [0, 0.1) is 0 Å². The fraction of sp³-hybridized carbons (Fsp3) is 0.600. The molecular weight excluding hydrogens is 312 g/mol. The fourth-order valence-corrected chi connectivity index (χ4v) is 2.64. The van der Waals surface area contributed by atoms with Crippen LogP contribution in [0.15, 0.2) is 24.3 Å². The summed E-state index contributed by atoms with van der Waals surface area (Å²) in [7, 11) is 0. The van der Waals surface area contributed by atoms with Crippen molar-refractivity contribution in [2.75, 3.05) is 0 Å². The highest BCUT2D eigenvalue weighted by atomic mass is 16.5. The van der Waals surface area contributed by atoms with Crippen molar-refractivity contribution in [1.82, 2.24) is 20.4 Å². The summed E-state index contributed by atoms with van der Waals surface area (Å²) in [5, 5.41) is 16.7. The molecule has 0 aromatic carbocycles. The van der Waals surface area contributed by atoms with Gasteiger partial charge >= 0.3 is 0 Å². The molecule has 2 rings (SSSR count). The second-order valence-corrected chi connectivity index (χ2v) is 6.45. The standard InChI is InChI=1S/C20H30N4O/c1-3-5-7-9-11-17-13-15-19(23-21-17)25-20-16-14-18(22-24-20)12-10-8-6-4-2/h13-16H,3-12H2,1-2H3. The van der Waals surface area contributed by atoms with Crippen molar-refractivity contribution < 1.29 is 4.74 Å². The van der Waals surface area contributed by atoms with Crippen LogP contribution in [0.4, 0.5) is 0 Å². The molecule has 0 amide bonds. The highest BCUT2D eigenvalue weighted by Gasteiger charge is 2.04. The number of hydrogen-bond acceptors (Lipinski definition) is 5. The maximum atomic E-state index is 5.63. The van der Waals surface area contributed by atoms with Crippen LogP contribution in [0.5, 0.6) is 11.8 Å². The topological polar surface area (TPSA) is 60.8 Å². The molecule has 25 heavy (non-hydrogen) atoms. The normalized spacial score (nSPS) is 10.8. The van der Waals surface area contributed by atoms with Gasteiger partial charge in [-0.05, 0) is 37.8 Å². The minimum absolute atomic E-state index is 0.460. The average molecular weight is 342 g/mol. The molecule has 0 saturated carbocycles.